The van der Waals surface area contributed by atoms with Crippen molar-refractivity contribution >= 4 is 11.9 Å². The number of aliphatic carboxylic acids is 1. The first-order valence-electron chi connectivity index (χ1n) is 7.53. The Balaban J connectivity index is 1.69. The van der Waals surface area contributed by atoms with E-state index in [0.717, 1.165) is 18.9 Å². The van der Waals surface area contributed by atoms with Gasteiger partial charge in [-0.2, -0.15) is 0 Å². The van der Waals surface area contributed by atoms with Gasteiger partial charge in [-0.1, -0.05) is 6.08 Å². The summed E-state index contributed by atoms with van der Waals surface area (Å²) in [4.78, 5) is 23.5. The van der Waals surface area contributed by atoms with Crippen molar-refractivity contribution < 1.29 is 19.6 Å². The van der Waals surface area contributed by atoms with Crippen molar-refractivity contribution in [3.63, 3.8) is 0 Å². The molecule has 0 aliphatic carbocycles. The summed E-state index contributed by atoms with van der Waals surface area (Å²) in [5, 5.41) is 13.2. The first kappa shape index (κ1) is 15.0. The second kappa shape index (κ2) is 6.88. The van der Waals surface area contributed by atoms with Crippen molar-refractivity contribution in [2.45, 2.75) is 38.1 Å². The molecule has 3 saturated heterocycles. The lowest BCUT2D eigenvalue weighted by molar-refractivity contribution is -0.944. The average Bonchev–Trinajstić information content (AvgIpc) is 2.45. The van der Waals surface area contributed by atoms with Gasteiger partial charge in [0.15, 0.2) is 0 Å². The number of hydrogen-bond acceptors (Lipinski definition) is 3. The van der Waals surface area contributed by atoms with Crippen molar-refractivity contribution in [1.82, 2.24) is 5.32 Å². The van der Waals surface area contributed by atoms with E-state index in [9.17, 15) is 14.7 Å². The molecule has 112 valence electrons. The van der Waals surface area contributed by atoms with Gasteiger partial charge in [-0.25, -0.2) is 0 Å². The van der Waals surface area contributed by atoms with Gasteiger partial charge in [0.05, 0.1) is 19.6 Å². The maximum atomic E-state index is 11.6. The summed E-state index contributed by atoms with van der Waals surface area (Å²) < 4.78 is 0. The quantitative estimate of drug-likeness (QED) is 0.558. The number of hydrogen-bond donors (Lipinski definition) is 2. The van der Waals surface area contributed by atoms with Crippen LogP contribution < -0.4 is 15.3 Å². The number of carboxylic acids is 1. The number of rotatable bonds is 7. The SMILES string of the molecule is C=C[C@H]1C[NH+]2CC[C@@H]1C[C@@H]2CNC(=O)CCCC(=O)[O-]. The summed E-state index contributed by atoms with van der Waals surface area (Å²) >= 11 is 0. The van der Waals surface area contributed by atoms with E-state index in [-0.39, 0.29) is 18.7 Å². The standard InChI is InChI=1S/C15H24N2O3/c1-2-11-10-17-7-6-12(11)8-13(17)9-16-14(18)4-3-5-15(19)20/h2,11-13H,1,3-10H2,(H,16,18)(H,19,20)/t11-,12+,13+/m0/s1. The molecule has 0 aromatic rings. The molecule has 3 aliphatic heterocycles. The molecular formula is C15H24N2O3. The molecule has 2 bridgehead atoms. The Kier molecular flexibility index (Phi) is 5.17. The van der Waals surface area contributed by atoms with E-state index in [1.807, 2.05) is 0 Å². The van der Waals surface area contributed by atoms with Crippen LogP contribution in [0, 0.1) is 11.8 Å². The van der Waals surface area contributed by atoms with Gasteiger partial charge in [-0.15, -0.1) is 6.58 Å². The Bertz CT molecular complexity index is 383. The number of carbonyl (C=O) groups is 2. The normalized spacial score (nSPS) is 31.8. The summed E-state index contributed by atoms with van der Waals surface area (Å²) in [5.74, 6) is 0.223. The Hall–Kier alpha value is -1.36. The Morgan fingerprint density at radius 3 is 2.80 bits per heavy atom. The molecule has 20 heavy (non-hydrogen) atoms. The van der Waals surface area contributed by atoms with Crippen molar-refractivity contribution in [2.24, 2.45) is 11.8 Å². The fourth-order valence-electron chi connectivity index (χ4n) is 3.57. The van der Waals surface area contributed by atoms with Crippen LogP contribution in [0.2, 0.25) is 0 Å². The van der Waals surface area contributed by atoms with E-state index in [2.05, 4.69) is 18.0 Å². The number of amides is 1. The first-order valence-corrected chi connectivity index (χ1v) is 7.53. The van der Waals surface area contributed by atoms with Gasteiger partial charge in [0, 0.05) is 31.1 Å². The van der Waals surface area contributed by atoms with Crippen molar-refractivity contribution in [3.05, 3.63) is 12.7 Å². The van der Waals surface area contributed by atoms with Crippen LogP contribution >= 0.6 is 0 Å². The van der Waals surface area contributed by atoms with E-state index in [4.69, 9.17) is 0 Å². The monoisotopic (exact) mass is 280 g/mol. The maximum absolute atomic E-state index is 11.6. The van der Waals surface area contributed by atoms with Gasteiger partial charge < -0.3 is 20.1 Å². The van der Waals surface area contributed by atoms with Crippen LogP contribution in [0.1, 0.15) is 32.1 Å². The van der Waals surface area contributed by atoms with Gasteiger partial charge in [0.25, 0.3) is 0 Å². The third-order valence-electron chi connectivity index (χ3n) is 4.74. The predicted molar refractivity (Wildman–Crippen MR) is 72.8 cm³/mol. The highest BCUT2D eigenvalue weighted by Gasteiger charge is 2.42. The van der Waals surface area contributed by atoms with Crippen LogP contribution in [0.4, 0.5) is 0 Å². The molecule has 3 aliphatic rings. The molecule has 0 radical (unpaired) electrons. The summed E-state index contributed by atoms with van der Waals surface area (Å²) in [5.41, 5.74) is 0. The lowest BCUT2D eigenvalue weighted by Gasteiger charge is -2.46. The van der Waals surface area contributed by atoms with Gasteiger partial charge in [0.1, 0.15) is 6.04 Å². The highest BCUT2D eigenvalue weighted by molar-refractivity contribution is 5.76. The largest absolute Gasteiger partial charge is 0.550 e. The smallest absolute Gasteiger partial charge is 0.220 e. The lowest BCUT2D eigenvalue weighted by Crippen LogP contribution is -3.20. The molecule has 3 fully saturated rings. The van der Waals surface area contributed by atoms with Gasteiger partial charge >= 0.3 is 0 Å². The van der Waals surface area contributed by atoms with E-state index in [1.54, 1.807) is 4.90 Å². The number of piperidine rings is 3. The van der Waals surface area contributed by atoms with E-state index in [0.29, 0.717) is 24.9 Å². The second-order valence-corrected chi connectivity index (χ2v) is 6.02. The number of carboxylic acid groups (broad SMARTS) is 1. The molecule has 1 amide bonds. The van der Waals surface area contributed by atoms with Crippen molar-refractivity contribution in [2.75, 3.05) is 19.6 Å². The lowest BCUT2D eigenvalue weighted by atomic mass is 9.75. The summed E-state index contributed by atoms with van der Waals surface area (Å²) in [6, 6.07) is 0.509. The van der Waals surface area contributed by atoms with Gasteiger partial charge in [-0.3, -0.25) is 4.79 Å². The van der Waals surface area contributed by atoms with E-state index < -0.39 is 5.97 Å². The average molecular weight is 280 g/mol. The van der Waals surface area contributed by atoms with Crippen LogP contribution in [-0.4, -0.2) is 37.6 Å². The number of nitrogens with one attached hydrogen (secondary N) is 2. The van der Waals surface area contributed by atoms with Crippen LogP contribution in [-0.2, 0) is 9.59 Å². The fraction of sp³-hybridized carbons (Fsp3) is 0.733. The second-order valence-electron chi connectivity index (χ2n) is 6.02. The van der Waals surface area contributed by atoms with Crippen LogP contribution in [0.15, 0.2) is 12.7 Å². The van der Waals surface area contributed by atoms with Crippen LogP contribution in [0.5, 0.6) is 0 Å². The molecule has 0 aromatic heterocycles. The van der Waals surface area contributed by atoms with E-state index >= 15 is 0 Å². The van der Waals surface area contributed by atoms with E-state index in [1.165, 1.54) is 13.0 Å². The number of quaternary nitrogens is 1. The molecular weight excluding hydrogens is 256 g/mol. The molecule has 2 N–H and O–H groups in total. The Morgan fingerprint density at radius 2 is 2.20 bits per heavy atom. The molecule has 0 spiro atoms. The van der Waals surface area contributed by atoms with Crippen LogP contribution in [0.3, 0.4) is 0 Å². The highest BCUT2D eigenvalue weighted by atomic mass is 16.4. The van der Waals surface area contributed by atoms with Crippen molar-refractivity contribution in [1.29, 1.82) is 0 Å². The molecule has 4 atom stereocenters. The number of carbonyl (C=O) groups excluding carboxylic acids is 2. The predicted octanol–water partition coefficient (Wildman–Crippen LogP) is -1.50. The third kappa shape index (κ3) is 3.82. The van der Waals surface area contributed by atoms with Crippen LogP contribution in [0.25, 0.3) is 0 Å². The molecule has 3 heterocycles. The minimum Gasteiger partial charge on any atom is -0.550 e. The minimum atomic E-state index is -1.09. The zero-order chi connectivity index (χ0) is 14.5. The number of fused-ring (bicyclic) bond motifs is 3. The van der Waals surface area contributed by atoms with Gasteiger partial charge in [0.2, 0.25) is 5.91 Å². The molecule has 5 heteroatoms. The minimum absolute atomic E-state index is 0.0443. The summed E-state index contributed by atoms with van der Waals surface area (Å²) in [6.45, 7) is 6.96. The fourth-order valence-corrected chi connectivity index (χ4v) is 3.57. The van der Waals surface area contributed by atoms with Crippen molar-refractivity contribution in [3.8, 4) is 0 Å². The Labute approximate surface area is 120 Å². The third-order valence-corrected chi connectivity index (χ3v) is 4.74. The topological polar surface area (TPSA) is 73.7 Å². The maximum Gasteiger partial charge on any atom is 0.220 e. The molecule has 0 aromatic carbocycles. The first-order chi connectivity index (χ1) is 9.60. The molecule has 5 nitrogen and oxygen atoms in total. The molecule has 1 unspecified atom stereocenters. The summed E-state index contributed by atoms with van der Waals surface area (Å²) in [6.07, 6.45) is 5.09. The van der Waals surface area contributed by atoms with Gasteiger partial charge in [-0.05, 0) is 18.8 Å². The highest BCUT2D eigenvalue weighted by Crippen LogP contribution is 2.27. The Morgan fingerprint density at radius 1 is 1.40 bits per heavy atom. The zero-order valence-electron chi connectivity index (χ0n) is 11.9. The summed E-state index contributed by atoms with van der Waals surface area (Å²) in [7, 11) is 0. The molecule has 3 rings (SSSR count). The molecule has 0 saturated carbocycles. The zero-order valence-corrected chi connectivity index (χ0v) is 11.9.